The Morgan fingerprint density at radius 3 is 2.69 bits per heavy atom. The number of nitrogens with zero attached hydrogens (tertiary/aromatic N) is 1. The van der Waals surface area contributed by atoms with Crippen molar-refractivity contribution in [2.45, 2.75) is 6.42 Å². The monoisotopic (exact) mass is 370 g/mol. The number of hydrazine groups is 1. The molecule has 134 valence electrons. The Hall–Kier alpha value is -2.99. The van der Waals surface area contributed by atoms with Gasteiger partial charge in [-0.3, -0.25) is 10.2 Å². The maximum Gasteiger partial charge on any atom is 0.333 e. The van der Waals surface area contributed by atoms with Crippen LogP contribution in [0.4, 0.5) is 4.79 Å². The Morgan fingerprint density at radius 1 is 1.08 bits per heavy atom. The van der Waals surface area contributed by atoms with Crippen molar-refractivity contribution in [2.75, 3.05) is 6.54 Å². The van der Waals surface area contributed by atoms with Crippen LogP contribution in [0.2, 0.25) is 5.02 Å². The minimum absolute atomic E-state index is 0.369. The highest BCUT2D eigenvalue weighted by molar-refractivity contribution is 6.30. The highest BCUT2D eigenvalue weighted by Gasteiger charge is 2.14. The maximum absolute atomic E-state index is 12.3. The Balaban J connectivity index is 1.50. The fraction of sp³-hybridized carbons (Fsp3) is 0.158. The van der Waals surface area contributed by atoms with Gasteiger partial charge in [-0.25, -0.2) is 10.2 Å². The largest absolute Gasteiger partial charge is 0.350 e. The quantitative estimate of drug-likeness (QED) is 0.617. The molecule has 0 fully saturated rings. The van der Waals surface area contributed by atoms with E-state index in [1.807, 2.05) is 54.1 Å². The number of aromatic nitrogens is 1. The molecule has 0 bridgehead atoms. The number of para-hydroxylation sites is 1. The molecular formula is C19H19ClN4O2. The van der Waals surface area contributed by atoms with Gasteiger partial charge in [-0.2, -0.15) is 0 Å². The Morgan fingerprint density at radius 2 is 1.88 bits per heavy atom. The van der Waals surface area contributed by atoms with Crippen molar-refractivity contribution in [3.63, 3.8) is 0 Å². The maximum atomic E-state index is 12.3. The molecule has 3 amide bonds. The number of aryl methyl sites for hydroxylation is 1. The molecule has 1 aromatic heterocycles. The highest BCUT2D eigenvalue weighted by Crippen LogP contribution is 2.19. The summed E-state index contributed by atoms with van der Waals surface area (Å²) in [6.45, 7) is 0.427. The molecule has 0 aliphatic rings. The minimum atomic E-state index is -0.472. The molecule has 26 heavy (non-hydrogen) atoms. The second-order valence-corrected chi connectivity index (χ2v) is 6.32. The zero-order valence-electron chi connectivity index (χ0n) is 14.3. The van der Waals surface area contributed by atoms with E-state index in [9.17, 15) is 9.59 Å². The van der Waals surface area contributed by atoms with Gasteiger partial charge in [0.15, 0.2) is 0 Å². The number of amides is 3. The van der Waals surface area contributed by atoms with E-state index < -0.39 is 6.03 Å². The first-order chi connectivity index (χ1) is 12.5. The van der Waals surface area contributed by atoms with Crippen molar-refractivity contribution in [3.05, 3.63) is 70.9 Å². The van der Waals surface area contributed by atoms with Crippen LogP contribution in [0.3, 0.4) is 0 Å². The number of hydrogen-bond donors (Lipinski definition) is 3. The predicted octanol–water partition coefficient (Wildman–Crippen LogP) is 3.02. The summed E-state index contributed by atoms with van der Waals surface area (Å²) in [6.07, 6.45) is 2.38. The molecule has 6 nitrogen and oxygen atoms in total. The van der Waals surface area contributed by atoms with Crippen molar-refractivity contribution in [1.29, 1.82) is 0 Å². The smallest absolute Gasteiger partial charge is 0.333 e. The van der Waals surface area contributed by atoms with Crippen LogP contribution in [0.25, 0.3) is 10.9 Å². The Labute approximate surface area is 156 Å². The van der Waals surface area contributed by atoms with Gasteiger partial charge in [-0.1, -0.05) is 41.9 Å². The van der Waals surface area contributed by atoms with Crippen molar-refractivity contribution in [1.82, 2.24) is 20.7 Å². The molecule has 3 rings (SSSR count). The Kier molecular flexibility index (Phi) is 5.43. The van der Waals surface area contributed by atoms with Crippen LogP contribution in [0.1, 0.15) is 15.9 Å². The van der Waals surface area contributed by atoms with Gasteiger partial charge < -0.3 is 9.88 Å². The predicted molar refractivity (Wildman–Crippen MR) is 102 cm³/mol. The first kappa shape index (κ1) is 17.8. The molecule has 3 aromatic rings. The SMILES string of the molecule is Cn1cc(C(=O)NNC(=O)NCCc2cccc(Cl)c2)c2ccccc21. The van der Waals surface area contributed by atoms with Gasteiger partial charge in [0.25, 0.3) is 5.91 Å². The molecule has 1 heterocycles. The van der Waals surface area contributed by atoms with Crippen molar-refractivity contribution in [3.8, 4) is 0 Å². The van der Waals surface area contributed by atoms with Gasteiger partial charge in [-0.15, -0.1) is 0 Å². The number of carbonyl (C=O) groups is 2. The molecule has 0 saturated carbocycles. The van der Waals surface area contributed by atoms with Gasteiger partial charge in [-0.05, 0) is 30.2 Å². The lowest BCUT2D eigenvalue weighted by Crippen LogP contribution is -2.47. The average molecular weight is 371 g/mol. The number of fused-ring (bicyclic) bond motifs is 1. The number of urea groups is 1. The molecule has 0 aliphatic carbocycles. The summed E-state index contributed by atoms with van der Waals surface area (Å²) in [5.41, 5.74) is 7.27. The van der Waals surface area contributed by atoms with Gasteiger partial charge in [0, 0.05) is 35.7 Å². The standard InChI is InChI=1S/C19H19ClN4O2/c1-24-12-16(15-7-2-3-8-17(15)24)18(25)22-23-19(26)21-10-9-13-5-4-6-14(20)11-13/h2-8,11-12H,9-10H2,1H3,(H,22,25)(H2,21,23,26). The second-order valence-electron chi connectivity index (χ2n) is 5.89. The summed E-state index contributed by atoms with van der Waals surface area (Å²) >= 11 is 5.92. The zero-order chi connectivity index (χ0) is 18.5. The topological polar surface area (TPSA) is 75.2 Å². The van der Waals surface area contributed by atoms with E-state index in [0.717, 1.165) is 16.5 Å². The minimum Gasteiger partial charge on any atom is -0.350 e. The lowest BCUT2D eigenvalue weighted by atomic mass is 10.1. The van der Waals surface area contributed by atoms with Crippen molar-refractivity contribution < 1.29 is 9.59 Å². The number of halogens is 1. The number of rotatable bonds is 4. The molecule has 0 aliphatic heterocycles. The van der Waals surface area contributed by atoms with Gasteiger partial charge in [0.05, 0.1) is 5.56 Å². The third-order valence-electron chi connectivity index (χ3n) is 4.02. The lowest BCUT2D eigenvalue weighted by molar-refractivity contribution is 0.0938. The molecule has 7 heteroatoms. The molecule has 0 unspecified atom stereocenters. The molecular weight excluding hydrogens is 352 g/mol. The number of benzene rings is 2. The van der Waals surface area contributed by atoms with E-state index in [1.165, 1.54) is 0 Å². The van der Waals surface area contributed by atoms with Gasteiger partial charge in [0.2, 0.25) is 0 Å². The summed E-state index contributed by atoms with van der Waals surface area (Å²) in [4.78, 5) is 24.2. The third kappa shape index (κ3) is 4.15. The Bertz CT molecular complexity index is 952. The molecule has 0 radical (unpaired) electrons. The van der Waals surface area contributed by atoms with E-state index in [4.69, 9.17) is 11.6 Å². The van der Waals surface area contributed by atoms with Crippen LogP contribution in [-0.4, -0.2) is 23.1 Å². The summed E-state index contributed by atoms with van der Waals surface area (Å²) in [7, 11) is 1.87. The fourth-order valence-electron chi connectivity index (χ4n) is 2.76. The summed E-state index contributed by atoms with van der Waals surface area (Å²) in [6, 6.07) is 14.6. The van der Waals surface area contributed by atoms with Crippen molar-refractivity contribution in [2.24, 2.45) is 7.05 Å². The van der Waals surface area contributed by atoms with Crippen LogP contribution in [-0.2, 0) is 13.5 Å². The van der Waals surface area contributed by atoms with E-state index in [0.29, 0.717) is 23.6 Å². The number of carbonyl (C=O) groups excluding carboxylic acids is 2. The van der Waals surface area contributed by atoms with Crippen LogP contribution in [0.15, 0.2) is 54.7 Å². The first-order valence-electron chi connectivity index (χ1n) is 8.17. The highest BCUT2D eigenvalue weighted by atomic mass is 35.5. The molecule has 0 atom stereocenters. The van der Waals surface area contributed by atoms with E-state index >= 15 is 0 Å². The normalized spacial score (nSPS) is 10.5. The molecule has 2 aromatic carbocycles. The van der Waals surface area contributed by atoms with Crippen LogP contribution in [0.5, 0.6) is 0 Å². The average Bonchev–Trinajstić information content (AvgIpc) is 2.97. The molecule has 3 N–H and O–H groups in total. The third-order valence-corrected chi connectivity index (χ3v) is 4.25. The summed E-state index contributed by atoms with van der Waals surface area (Å²) in [5, 5.41) is 4.18. The fourth-order valence-corrected chi connectivity index (χ4v) is 2.97. The molecule has 0 saturated heterocycles. The van der Waals surface area contributed by atoms with Gasteiger partial charge in [0.1, 0.15) is 0 Å². The molecule has 0 spiro atoms. The van der Waals surface area contributed by atoms with Crippen LogP contribution >= 0.6 is 11.6 Å². The first-order valence-corrected chi connectivity index (χ1v) is 8.55. The second kappa shape index (κ2) is 7.93. The van der Waals surface area contributed by atoms with Crippen molar-refractivity contribution >= 4 is 34.4 Å². The summed E-state index contributed by atoms with van der Waals surface area (Å²) in [5.74, 6) is -0.369. The summed E-state index contributed by atoms with van der Waals surface area (Å²) < 4.78 is 1.87. The van der Waals surface area contributed by atoms with Crippen LogP contribution in [0, 0.1) is 0 Å². The van der Waals surface area contributed by atoms with E-state index in [2.05, 4.69) is 16.2 Å². The van der Waals surface area contributed by atoms with Gasteiger partial charge >= 0.3 is 6.03 Å². The van der Waals surface area contributed by atoms with Crippen LogP contribution < -0.4 is 16.2 Å². The number of hydrogen-bond acceptors (Lipinski definition) is 2. The lowest BCUT2D eigenvalue weighted by Gasteiger charge is -2.09. The van der Waals surface area contributed by atoms with E-state index in [-0.39, 0.29) is 5.91 Å². The number of nitrogens with one attached hydrogen (secondary N) is 3. The zero-order valence-corrected chi connectivity index (χ0v) is 15.0. The van der Waals surface area contributed by atoms with E-state index in [1.54, 1.807) is 12.3 Å².